The van der Waals surface area contributed by atoms with Crippen molar-refractivity contribution in [1.82, 2.24) is 9.80 Å². The van der Waals surface area contributed by atoms with Crippen LogP contribution in [0, 0.1) is 6.92 Å². The minimum atomic E-state index is -1.29. The van der Waals surface area contributed by atoms with Gasteiger partial charge in [0.25, 0.3) is 5.97 Å². The van der Waals surface area contributed by atoms with E-state index in [-0.39, 0.29) is 18.1 Å². The van der Waals surface area contributed by atoms with Gasteiger partial charge < -0.3 is 29.9 Å². The normalized spacial score (nSPS) is 16.9. The Morgan fingerprint density at radius 3 is 2.42 bits per heavy atom. The monoisotopic (exact) mass is 435 g/mol. The van der Waals surface area contributed by atoms with Gasteiger partial charge in [-0.1, -0.05) is 0 Å². The zero-order chi connectivity index (χ0) is 23.0. The van der Waals surface area contributed by atoms with E-state index in [1.165, 1.54) is 0 Å². The number of ether oxygens (including phenoxy) is 2. The van der Waals surface area contributed by atoms with Crippen molar-refractivity contribution in [3.63, 3.8) is 0 Å². The van der Waals surface area contributed by atoms with Crippen LogP contribution in [-0.2, 0) is 19.1 Å². The van der Waals surface area contributed by atoms with Crippen LogP contribution in [0.2, 0.25) is 0 Å². The van der Waals surface area contributed by atoms with E-state index in [9.17, 15) is 9.59 Å². The third kappa shape index (κ3) is 7.58. The summed E-state index contributed by atoms with van der Waals surface area (Å²) in [5.74, 6) is -1.92. The highest BCUT2D eigenvalue weighted by Crippen LogP contribution is 2.25. The predicted octanol–water partition coefficient (Wildman–Crippen LogP) is 1.02. The van der Waals surface area contributed by atoms with Crippen molar-refractivity contribution in [2.75, 3.05) is 58.3 Å². The highest BCUT2D eigenvalue weighted by atomic mass is 16.5. The zero-order valence-electron chi connectivity index (χ0n) is 18.0. The summed E-state index contributed by atoms with van der Waals surface area (Å²) >= 11 is 0. The fourth-order valence-corrected chi connectivity index (χ4v) is 3.08. The molecule has 0 unspecified atom stereocenters. The second kappa shape index (κ2) is 11.3. The lowest BCUT2D eigenvalue weighted by atomic mass is 10.1. The van der Waals surface area contributed by atoms with E-state index in [1.54, 1.807) is 6.07 Å². The highest BCUT2D eigenvalue weighted by molar-refractivity contribution is 6.19. The van der Waals surface area contributed by atoms with Crippen LogP contribution < -0.4 is 10.1 Å². The molecule has 0 saturated carbocycles. The number of nitrogens with one attached hydrogen (secondary N) is 1. The number of rotatable bonds is 7. The summed E-state index contributed by atoms with van der Waals surface area (Å²) in [6.45, 7) is 8.49. The fourth-order valence-electron chi connectivity index (χ4n) is 3.08. The number of nitrogens with zero attached hydrogens (tertiary/aromatic N) is 2. The van der Waals surface area contributed by atoms with Gasteiger partial charge in [-0.05, 0) is 37.7 Å². The molecular weight excluding hydrogens is 406 g/mol. The van der Waals surface area contributed by atoms with E-state index in [1.807, 2.05) is 19.1 Å². The van der Waals surface area contributed by atoms with E-state index in [0.29, 0.717) is 12.3 Å². The van der Waals surface area contributed by atoms with Crippen molar-refractivity contribution < 1.29 is 34.1 Å². The van der Waals surface area contributed by atoms with Gasteiger partial charge >= 0.3 is 5.97 Å². The number of carbonyl (C=O) groups is 3. The minimum Gasteiger partial charge on any atom is -0.492 e. The van der Waals surface area contributed by atoms with Gasteiger partial charge in [-0.2, -0.15) is 0 Å². The molecule has 0 aromatic heterocycles. The summed E-state index contributed by atoms with van der Waals surface area (Å²) in [6.07, 6.45) is 0. The SMILES string of the molecule is CC(=O)O.Cc1cc(OCCN2CCN(C)CC2)ccc1NC1=C(C(=O)O)C(=O)CO1. The lowest BCUT2D eigenvalue weighted by molar-refractivity contribution is -0.135. The van der Waals surface area contributed by atoms with Gasteiger partial charge in [0.1, 0.15) is 12.4 Å². The Kier molecular flexibility index (Phi) is 8.83. The third-order valence-electron chi connectivity index (χ3n) is 4.79. The lowest BCUT2D eigenvalue weighted by Crippen LogP contribution is -2.45. The number of carbonyl (C=O) groups excluding carboxylic acids is 1. The number of ketones is 1. The summed E-state index contributed by atoms with van der Waals surface area (Å²) in [7, 11) is 2.13. The zero-order valence-corrected chi connectivity index (χ0v) is 18.0. The van der Waals surface area contributed by atoms with E-state index >= 15 is 0 Å². The lowest BCUT2D eigenvalue weighted by Gasteiger charge is -2.32. The van der Waals surface area contributed by atoms with E-state index in [2.05, 4.69) is 22.2 Å². The number of hydrogen-bond donors (Lipinski definition) is 3. The molecule has 10 heteroatoms. The number of anilines is 1. The molecule has 0 aliphatic carbocycles. The van der Waals surface area contributed by atoms with Crippen LogP contribution in [0.25, 0.3) is 0 Å². The summed E-state index contributed by atoms with van der Waals surface area (Å²) in [4.78, 5) is 36.5. The number of hydrogen-bond acceptors (Lipinski definition) is 8. The molecule has 0 bridgehead atoms. The number of piperazine rings is 1. The van der Waals surface area contributed by atoms with Crippen molar-refractivity contribution in [3.05, 3.63) is 35.2 Å². The van der Waals surface area contributed by atoms with Crippen LogP contribution in [0.1, 0.15) is 12.5 Å². The molecule has 31 heavy (non-hydrogen) atoms. The fraction of sp³-hybridized carbons (Fsp3) is 0.476. The smallest absolute Gasteiger partial charge is 0.344 e. The van der Waals surface area contributed by atoms with Crippen LogP contribution in [0.15, 0.2) is 29.7 Å². The first-order valence-electron chi connectivity index (χ1n) is 9.92. The van der Waals surface area contributed by atoms with Gasteiger partial charge in [0.05, 0.1) is 0 Å². The molecule has 1 aromatic carbocycles. The summed E-state index contributed by atoms with van der Waals surface area (Å²) < 4.78 is 11.0. The summed E-state index contributed by atoms with van der Waals surface area (Å²) in [6, 6.07) is 5.49. The minimum absolute atomic E-state index is 0.0145. The maximum atomic E-state index is 11.6. The highest BCUT2D eigenvalue weighted by Gasteiger charge is 2.31. The Hall–Kier alpha value is -3.11. The van der Waals surface area contributed by atoms with Gasteiger partial charge in [-0.3, -0.25) is 14.5 Å². The Labute approximate surface area is 181 Å². The van der Waals surface area contributed by atoms with Crippen molar-refractivity contribution >= 4 is 23.4 Å². The quantitative estimate of drug-likeness (QED) is 0.534. The molecule has 170 valence electrons. The van der Waals surface area contributed by atoms with Gasteiger partial charge in [0.15, 0.2) is 12.2 Å². The molecule has 2 aliphatic heterocycles. The number of aliphatic carboxylic acids is 2. The van der Waals surface area contributed by atoms with Crippen molar-refractivity contribution in [1.29, 1.82) is 0 Å². The van der Waals surface area contributed by atoms with Crippen molar-refractivity contribution in [2.24, 2.45) is 0 Å². The molecule has 3 rings (SSSR count). The second-order valence-corrected chi connectivity index (χ2v) is 7.34. The van der Waals surface area contributed by atoms with Crippen LogP contribution in [0.5, 0.6) is 5.75 Å². The number of Topliss-reactive ketones (excluding diaryl/α,β-unsaturated/α-hetero) is 1. The standard InChI is InChI=1S/C19H25N3O5.C2H4O2/c1-13-11-14(26-10-9-22-7-5-21(2)6-8-22)3-4-15(13)20-18-17(19(24)25)16(23)12-27-18;1-2(3)4/h3-4,11,20H,5-10,12H2,1-2H3,(H,24,25);1H3,(H,3,4). The summed E-state index contributed by atoms with van der Waals surface area (Å²) in [5, 5.41) is 19.5. The molecular formula is C21H29N3O7. The number of likely N-dealkylation sites (N-methyl/N-ethyl adjacent to an activating group) is 1. The predicted molar refractivity (Wildman–Crippen MR) is 113 cm³/mol. The Morgan fingerprint density at radius 1 is 1.19 bits per heavy atom. The number of benzene rings is 1. The molecule has 0 spiro atoms. The molecule has 0 radical (unpaired) electrons. The van der Waals surface area contributed by atoms with Gasteiger partial charge in [0.2, 0.25) is 11.7 Å². The first-order valence-corrected chi connectivity index (χ1v) is 9.92. The number of aryl methyl sites for hydroxylation is 1. The largest absolute Gasteiger partial charge is 0.492 e. The number of carboxylic acids is 2. The van der Waals surface area contributed by atoms with Gasteiger partial charge in [0, 0.05) is 45.3 Å². The molecule has 2 aliphatic rings. The Morgan fingerprint density at radius 2 is 1.84 bits per heavy atom. The summed E-state index contributed by atoms with van der Waals surface area (Å²) in [5.41, 5.74) is 1.19. The van der Waals surface area contributed by atoms with E-state index in [4.69, 9.17) is 24.5 Å². The van der Waals surface area contributed by atoms with Crippen LogP contribution >= 0.6 is 0 Å². The molecule has 1 fully saturated rings. The molecule has 1 aromatic rings. The average Bonchev–Trinajstić information content (AvgIpc) is 3.05. The Balaban J connectivity index is 0.000000785. The van der Waals surface area contributed by atoms with Crippen LogP contribution in [-0.4, -0.2) is 90.7 Å². The molecule has 2 heterocycles. The van der Waals surface area contributed by atoms with Crippen molar-refractivity contribution in [3.8, 4) is 5.75 Å². The molecule has 3 N–H and O–H groups in total. The van der Waals surface area contributed by atoms with E-state index in [0.717, 1.165) is 51.0 Å². The van der Waals surface area contributed by atoms with Gasteiger partial charge in [-0.25, -0.2) is 4.79 Å². The first kappa shape index (κ1) is 24.2. The van der Waals surface area contributed by atoms with E-state index < -0.39 is 17.7 Å². The molecule has 1 saturated heterocycles. The molecule has 0 atom stereocenters. The van der Waals surface area contributed by atoms with Crippen LogP contribution in [0.3, 0.4) is 0 Å². The maximum absolute atomic E-state index is 11.6. The van der Waals surface area contributed by atoms with Crippen LogP contribution in [0.4, 0.5) is 5.69 Å². The number of carboxylic acid groups (broad SMARTS) is 2. The molecule has 10 nitrogen and oxygen atoms in total. The third-order valence-corrected chi connectivity index (χ3v) is 4.79. The first-order chi connectivity index (χ1) is 14.7. The average molecular weight is 435 g/mol. The topological polar surface area (TPSA) is 129 Å². The maximum Gasteiger partial charge on any atom is 0.344 e. The molecule has 0 amide bonds. The van der Waals surface area contributed by atoms with Gasteiger partial charge in [-0.15, -0.1) is 0 Å². The Bertz CT molecular complexity index is 841. The van der Waals surface area contributed by atoms with Crippen molar-refractivity contribution in [2.45, 2.75) is 13.8 Å². The second-order valence-electron chi connectivity index (χ2n) is 7.34.